The standard InChI is InChI=1S/C18H15ClN2O3S/c1-23-17-15-10-25-7-6-13(15)14(8-20)18(21-17)24-9-16(22)11-2-4-12(19)5-3-11/h2-5H,6-7,9-10H2,1H3. The molecule has 0 unspecified atom stereocenters. The van der Waals surface area contributed by atoms with Crippen molar-refractivity contribution in [3.8, 4) is 17.8 Å². The van der Waals surface area contributed by atoms with Gasteiger partial charge in [-0.3, -0.25) is 4.79 Å². The van der Waals surface area contributed by atoms with Gasteiger partial charge in [-0.1, -0.05) is 11.6 Å². The van der Waals surface area contributed by atoms with Gasteiger partial charge in [0, 0.05) is 21.9 Å². The molecule has 1 aromatic carbocycles. The van der Waals surface area contributed by atoms with Crippen LogP contribution in [0.5, 0.6) is 11.8 Å². The van der Waals surface area contributed by atoms with Crippen LogP contribution < -0.4 is 9.47 Å². The molecule has 0 amide bonds. The van der Waals surface area contributed by atoms with E-state index >= 15 is 0 Å². The fraction of sp³-hybridized carbons (Fsp3) is 0.278. The third kappa shape index (κ3) is 3.73. The van der Waals surface area contributed by atoms with Gasteiger partial charge in [0.05, 0.1) is 7.11 Å². The number of hydrogen-bond donors (Lipinski definition) is 0. The van der Waals surface area contributed by atoms with E-state index in [-0.39, 0.29) is 18.3 Å². The van der Waals surface area contributed by atoms with Crippen LogP contribution in [0.15, 0.2) is 24.3 Å². The predicted octanol–water partition coefficient (Wildman–Crippen LogP) is 3.67. The van der Waals surface area contributed by atoms with E-state index in [9.17, 15) is 10.1 Å². The van der Waals surface area contributed by atoms with Gasteiger partial charge in [-0.2, -0.15) is 22.0 Å². The lowest BCUT2D eigenvalue weighted by Crippen LogP contribution is -2.16. The van der Waals surface area contributed by atoms with Crippen molar-refractivity contribution in [3.63, 3.8) is 0 Å². The Morgan fingerprint density at radius 2 is 2.08 bits per heavy atom. The number of nitriles is 1. The molecule has 3 rings (SSSR count). The largest absolute Gasteiger partial charge is 0.481 e. The molecule has 1 aromatic heterocycles. The van der Waals surface area contributed by atoms with Crippen LogP contribution in [0.4, 0.5) is 0 Å². The van der Waals surface area contributed by atoms with Gasteiger partial charge in [-0.25, -0.2) is 0 Å². The summed E-state index contributed by atoms with van der Waals surface area (Å²) in [7, 11) is 1.54. The highest BCUT2D eigenvalue weighted by Gasteiger charge is 2.24. The molecule has 2 heterocycles. The lowest BCUT2D eigenvalue weighted by Gasteiger charge is -2.20. The summed E-state index contributed by atoms with van der Waals surface area (Å²) in [6.07, 6.45) is 0.753. The molecular weight excluding hydrogens is 360 g/mol. The van der Waals surface area contributed by atoms with Crippen molar-refractivity contribution >= 4 is 29.1 Å². The number of halogens is 1. The Bertz CT molecular complexity index is 847. The number of carbonyl (C=O) groups excluding carboxylic acids is 1. The number of methoxy groups -OCH3 is 1. The maximum Gasteiger partial charge on any atom is 0.235 e. The molecule has 1 aliphatic rings. The number of thioether (sulfide) groups is 1. The molecule has 2 aromatic rings. The third-order valence-electron chi connectivity index (χ3n) is 3.90. The first-order valence-electron chi connectivity index (χ1n) is 7.63. The Labute approximate surface area is 154 Å². The topological polar surface area (TPSA) is 72.2 Å². The summed E-state index contributed by atoms with van der Waals surface area (Å²) < 4.78 is 10.9. The molecule has 0 atom stereocenters. The average Bonchev–Trinajstić information content (AvgIpc) is 2.65. The summed E-state index contributed by atoms with van der Waals surface area (Å²) >= 11 is 7.60. The van der Waals surface area contributed by atoms with Crippen molar-refractivity contribution < 1.29 is 14.3 Å². The van der Waals surface area contributed by atoms with Crippen molar-refractivity contribution in [1.82, 2.24) is 4.98 Å². The first-order valence-corrected chi connectivity index (χ1v) is 9.16. The van der Waals surface area contributed by atoms with Crippen molar-refractivity contribution in [2.75, 3.05) is 19.5 Å². The number of ketones is 1. The first-order chi connectivity index (χ1) is 12.1. The summed E-state index contributed by atoms with van der Waals surface area (Å²) in [4.78, 5) is 16.6. The van der Waals surface area contributed by atoms with E-state index in [2.05, 4.69) is 11.1 Å². The lowest BCUT2D eigenvalue weighted by atomic mass is 10.0. The molecular formula is C18H15ClN2O3S. The molecule has 25 heavy (non-hydrogen) atoms. The third-order valence-corrected chi connectivity index (χ3v) is 5.13. The molecule has 1 aliphatic heterocycles. The molecule has 0 aliphatic carbocycles. The SMILES string of the molecule is COc1nc(OCC(=O)c2ccc(Cl)cc2)c(C#N)c2c1CSCC2. The van der Waals surface area contributed by atoms with Gasteiger partial charge in [-0.05, 0) is 42.0 Å². The number of Topliss-reactive ketones (excluding diaryl/α,β-unsaturated/α-hetero) is 1. The molecule has 0 bridgehead atoms. The minimum Gasteiger partial charge on any atom is -0.481 e. The Morgan fingerprint density at radius 3 is 2.76 bits per heavy atom. The molecule has 0 fully saturated rings. The number of benzene rings is 1. The van der Waals surface area contributed by atoms with Crippen LogP contribution >= 0.6 is 23.4 Å². The molecule has 0 radical (unpaired) electrons. The average molecular weight is 375 g/mol. The van der Waals surface area contributed by atoms with Gasteiger partial charge in [0.25, 0.3) is 0 Å². The molecule has 0 saturated heterocycles. The first kappa shape index (κ1) is 17.6. The van der Waals surface area contributed by atoms with E-state index < -0.39 is 0 Å². The van der Waals surface area contributed by atoms with E-state index in [4.69, 9.17) is 21.1 Å². The van der Waals surface area contributed by atoms with E-state index in [1.54, 1.807) is 36.0 Å². The predicted molar refractivity (Wildman–Crippen MR) is 96.6 cm³/mol. The van der Waals surface area contributed by atoms with E-state index in [1.807, 2.05) is 0 Å². The zero-order chi connectivity index (χ0) is 17.8. The summed E-state index contributed by atoms with van der Waals surface area (Å²) in [6.45, 7) is -0.208. The second kappa shape index (κ2) is 7.77. The van der Waals surface area contributed by atoms with Crippen molar-refractivity contribution in [1.29, 1.82) is 5.26 Å². The highest BCUT2D eigenvalue weighted by atomic mass is 35.5. The number of carbonyl (C=O) groups is 1. The summed E-state index contributed by atoms with van der Waals surface area (Å²) in [5, 5.41) is 10.1. The van der Waals surface area contributed by atoms with E-state index in [0.29, 0.717) is 22.0 Å². The summed E-state index contributed by atoms with van der Waals surface area (Å²) in [6, 6.07) is 8.73. The van der Waals surface area contributed by atoms with Crippen LogP contribution in [-0.4, -0.2) is 30.2 Å². The minimum absolute atomic E-state index is 0.146. The van der Waals surface area contributed by atoms with Gasteiger partial charge >= 0.3 is 0 Å². The normalized spacial score (nSPS) is 12.8. The fourth-order valence-corrected chi connectivity index (χ4v) is 3.76. The second-order valence-electron chi connectivity index (χ2n) is 5.39. The summed E-state index contributed by atoms with van der Waals surface area (Å²) in [5.74, 6) is 2.07. The number of pyridine rings is 1. The van der Waals surface area contributed by atoms with Crippen LogP contribution in [0.3, 0.4) is 0 Å². The smallest absolute Gasteiger partial charge is 0.235 e. The highest BCUT2D eigenvalue weighted by Crippen LogP contribution is 2.36. The molecule has 0 N–H and O–H groups in total. The molecule has 0 saturated carbocycles. The number of fused-ring (bicyclic) bond motifs is 1. The maximum absolute atomic E-state index is 12.3. The Balaban J connectivity index is 1.86. The van der Waals surface area contributed by atoms with Crippen LogP contribution in [-0.2, 0) is 12.2 Å². The second-order valence-corrected chi connectivity index (χ2v) is 6.93. The highest BCUT2D eigenvalue weighted by molar-refractivity contribution is 7.98. The number of aromatic nitrogens is 1. The van der Waals surface area contributed by atoms with E-state index in [0.717, 1.165) is 29.1 Å². The minimum atomic E-state index is -0.213. The van der Waals surface area contributed by atoms with Gasteiger partial charge < -0.3 is 9.47 Å². The lowest BCUT2D eigenvalue weighted by molar-refractivity contribution is 0.0917. The van der Waals surface area contributed by atoms with Crippen LogP contribution in [0.25, 0.3) is 0 Å². The van der Waals surface area contributed by atoms with Crippen molar-refractivity contribution in [2.45, 2.75) is 12.2 Å². The maximum atomic E-state index is 12.3. The van der Waals surface area contributed by atoms with Crippen LogP contribution in [0, 0.1) is 11.3 Å². The Morgan fingerprint density at radius 1 is 1.32 bits per heavy atom. The van der Waals surface area contributed by atoms with Crippen LogP contribution in [0.2, 0.25) is 5.02 Å². The van der Waals surface area contributed by atoms with Crippen molar-refractivity contribution in [2.24, 2.45) is 0 Å². The van der Waals surface area contributed by atoms with Crippen molar-refractivity contribution in [3.05, 3.63) is 51.5 Å². The van der Waals surface area contributed by atoms with Gasteiger partial charge in [0.2, 0.25) is 11.8 Å². The zero-order valence-electron chi connectivity index (χ0n) is 13.5. The fourth-order valence-electron chi connectivity index (χ4n) is 2.64. The van der Waals surface area contributed by atoms with Gasteiger partial charge in [0.15, 0.2) is 12.4 Å². The molecule has 7 heteroatoms. The Hall–Kier alpha value is -2.23. The number of hydrogen-bond acceptors (Lipinski definition) is 6. The van der Waals surface area contributed by atoms with Gasteiger partial charge in [0.1, 0.15) is 11.6 Å². The quantitative estimate of drug-likeness (QED) is 0.743. The van der Waals surface area contributed by atoms with Crippen LogP contribution in [0.1, 0.15) is 27.0 Å². The monoisotopic (exact) mass is 374 g/mol. The zero-order valence-corrected chi connectivity index (χ0v) is 15.1. The summed E-state index contributed by atoms with van der Waals surface area (Å²) in [5.41, 5.74) is 2.72. The van der Waals surface area contributed by atoms with Gasteiger partial charge in [-0.15, -0.1) is 0 Å². The molecule has 5 nitrogen and oxygen atoms in total. The number of nitrogens with zero attached hydrogens (tertiary/aromatic N) is 2. The number of rotatable bonds is 5. The molecule has 128 valence electrons. The molecule has 0 spiro atoms. The Kier molecular flexibility index (Phi) is 5.47. The van der Waals surface area contributed by atoms with E-state index in [1.165, 1.54) is 7.11 Å². The number of ether oxygens (including phenoxy) is 2.